The lowest BCUT2D eigenvalue weighted by atomic mass is 10.1. The van der Waals surface area contributed by atoms with Gasteiger partial charge in [-0.3, -0.25) is 14.2 Å². The Hall–Kier alpha value is -0.820. The quantitative estimate of drug-likeness (QED) is 0.467. The first-order chi connectivity index (χ1) is 6.07. The van der Waals surface area contributed by atoms with Gasteiger partial charge >= 0.3 is 0 Å². The van der Waals surface area contributed by atoms with Gasteiger partial charge in [0.1, 0.15) is 5.78 Å². The lowest BCUT2D eigenvalue weighted by Gasteiger charge is -1.97. The van der Waals surface area contributed by atoms with Gasteiger partial charge in [0.05, 0.1) is 6.16 Å². The number of carbonyl (C=O) groups excluding carboxylic acids is 2. The number of allylic oxidation sites excluding steroid dienone is 1. The summed E-state index contributed by atoms with van der Waals surface area (Å²) in [5.74, 6) is -0.0707. The molecule has 0 fully saturated rings. The SMILES string of the molecule is C=C(C)C(=O)CCCC(=O)CP=O. The number of hydrogen-bond donors (Lipinski definition) is 0. The van der Waals surface area contributed by atoms with Crippen molar-refractivity contribution in [3.05, 3.63) is 12.2 Å². The average Bonchev–Trinajstić information content (AvgIpc) is 2.04. The fourth-order valence-corrected chi connectivity index (χ4v) is 1.11. The average molecular weight is 200 g/mol. The molecule has 0 amide bonds. The Morgan fingerprint density at radius 1 is 1.31 bits per heavy atom. The minimum Gasteiger partial charge on any atom is -0.299 e. The fraction of sp³-hybridized carbons (Fsp3) is 0.556. The first kappa shape index (κ1) is 12.2. The fourth-order valence-electron chi connectivity index (χ4n) is 0.811. The zero-order valence-electron chi connectivity index (χ0n) is 7.71. The van der Waals surface area contributed by atoms with Gasteiger partial charge in [-0.15, -0.1) is 0 Å². The van der Waals surface area contributed by atoms with Crippen LogP contribution in [0.25, 0.3) is 0 Å². The first-order valence-electron chi connectivity index (χ1n) is 4.07. The van der Waals surface area contributed by atoms with Crippen molar-refractivity contribution in [2.45, 2.75) is 26.2 Å². The van der Waals surface area contributed by atoms with E-state index >= 15 is 0 Å². The summed E-state index contributed by atoms with van der Waals surface area (Å²) < 4.78 is 10.0. The summed E-state index contributed by atoms with van der Waals surface area (Å²) in [7, 11) is -0.145. The lowest BCUT2D eigenvalue weighted by molar-refractivity contribution is -0.117. The van der Waals surface area contributed by atoms with Crippen LogP contribution in [0.5, 0.6) is 0 Å². The van der Waals surface area contributed by atoms with Crippen LogP contribution in [0.2, 0.25) is 0 Å². The summed E-state index contributed by atoms with van der Waals surface area (Å²) in [6.45, 7) is 5.16. The van der Waals surface area contributed by atoms with E-state index in [9.17, 15) is 14.2 Å². The van der Waals surface area contributed by atoms with Gasteiger partial charge in [-0.1, -0.05) is 6.58 Å². The molecule has 3 nitrogen and oxygen atoms in total. The van der Waals surface area contributed by atoms with Crippen LogP contribution >= 0.6 is 8.46 Å². The molecule has 13 heavy (non-hydrogen) atoms. The Balaban J connectivity index is 3.56. The van der Waals surface area contributed by atoms with Gasteiger partial charge in [0.25, 0.3) is 0 Å². The minimum absolute atomic E-state index is 0.00697. The second kappa shape index (κ2) is 6.67. The maximum absolute atomic E-state index is 11.0. The molecule has 0 rings (SSSR count). The van der Waals surface area contributed by atoms with Gasteiger partial charge in [-0.25, -0.2) is 0 Å². The monoisotopic (exact) mass is 200 g/mol. The Labute approximate surface area is 79.4 Å². The number of ketones is 2. The molecule has 0 unspecified atom stereocenters. The molecule has 0 aliphatic heterocycles. The topological polar surface area (TPSA) is 51.2 Å². The van der Waals surface area contributed by atoms with Gasteiger partial charge < -0.3 is 0 Å². The Morgan fingerprint density at radius 3 is 2.38 bits per heavy atom. The highest BCUT2D eigenvalue weighted by atomic mass is 31.1. The van der Waals surface area contributed by atoms with E-state index < -0.39 is 0 Å². The minimum atomic E-state index is -0.145. The standard InChI is InChI=1S/C9H13O3P/c1-7(2)9(11)5-3-4-8(10)6-13-12/h1,3-6H2,2H3. The van der Waals surface area contributed by atoms with E-state index in [1.54, 1.807) is 6.92 Å². The van der Waals surface area contributed by atoms with Crippen molar-refractivity contribution >= 4 is 20.0 Å². The van der Waals surface area contributed by atoms with Gasteiger partial charge in [-0.05, 0) is 18.9 Å². The Bertz CT molecular complexity index is 233. The third kappa shape index (κ3) is 6.35. The highest BCUT2D eigenvalue weighted by Crippen LogP contribution is 2.04. The summed E-state index contributed by atoms with van der Waals surface area (Å²) in [4.78, 5) is 21.9. The second-order valence-electron chi connectivity index (χ2n) is 2.88. The van der Waals surface area contributed by atoms with Crippen molar-refractivity contribution in [3.8, 4) is 0 Å². The van der Waals surface area contributed by atoms with Crippen molar-refractivity contribution in [2.24, 2.45) is 0 Å². The van der Waals surface area contributed by atoms with Gasteiger partial charge in [0.15, 0.2) is 14.2 Å². The molecule has 0 N–H and O–H groups in total. The van der Waals surface area contributed by atoms with E-state index in [4.69, 9.17) is 0 Å². The first-order valence-corrected chi connectivity index (χ1v) is 5.07. The molecule has 0 aliphatic rings. The summed E-state index contributed by atoms with van der Waals surface area (Å²) >= 11 is 0. The summed E-state index contributed by atoms with van der Waals surface area (Å²) in [6.07, 6.45) is 1.27. The molecule has 0 saturated heterocycles. The Morgan fingerprint density at radius 2 is 1.92 bits per heavy atom. The third-order valence-corrected chi connectivity index (χ3v) is 2.06. The van der Waals surface area contributed by atoms with E-state index in [1.165, 1.54) is 0 Å². The molecule has 0 aromatic heterocycles. The number of carbonyl (C=O) groups is 2. The summed E-state index contributed by atoms with van der Waals surface area (Å²) in [6, 6.07) is 0. The van der Waals surface area contributed by atoms with Crippen molar-refractivity contribution in [1.29, 1.82) is 0 Å². The molecule has 0 saturated carbocycles. The molecule has 72 valence electrons. The predicted octanol–water partition coefficient (Wildman–Crippen LogP) is 2.16. The van der Waals surface area contributed by atoms with Gasteiger partial charge in [0, 0.05) is 12.8 Å². The van der Waals surface area contributed by atoms with Crippen molar-refractivity contribution in [1.82, 2.24) is 0 Å². The van der Waals surface area contributed by atoms with Crippen molar-refractivity contribution < 1.29 is 14.2 Å². The van der Waals surface area contributed by atoms with Gasteiger partial charge in [-0.2, -0.15) is 0 Å². The van der Waals surface area contributed by atoms with Crippen LogP contribution in [0.4, 0.5) is 0 Å². The van der Waals surface area contributed by atoms with Crippen molar-refractivity contribution in [3.63, 3.8) is 0 Å². The third-order valence-electron chi connectivity index (χ3n) is 1.58. The molecule has 0 aromatic rings. The molecule has 0 radical (unpaired) electrons. The van der Waals surface area contributed by atoms with Crippen LogP contribution in [-0.4, -0.2) is 17.7 Å². The molecule has 0 spiro atoms. The van der Waals surface area contributed by atoms with Crippen LogP contribution < -0.4 is 0 Å². The number of rotatable bonds is 7. The van der Waals surface area contributed by atoms with Crippen LogP contribution in [0, 0.1) is 0 Å². The predicted molar refractivity (Wildman–Crippen MR) is 51.2 cm³/mol. The molecule has 0 aliphatic carbocycles. The maximum Gasteiger partial charge on any atom is 0.163 e. The smallest absolute Gasteiger partial charge is 0.163 e. The lowest BCUT2D eigenvalue weighted by Crippen LogP contribution is -2.03. The molecule has 0 atom stereocenters. The van der Waals surface area contributed by atoms with Crippen LogP contribution in [0.1, 0.15) is 26.2 Å². The van der Waals surface area contributed by atoms with E-state index in [0.717, 1.165) is 0 Å². The van der Waals surface area contributed by atoms with Gasteiger partial charge in [0.2, 0.25) is 0 Å². The zero-order valence-corrected chi connectivity index (χ0v) is 8.60. The zero-order chi connectivity index (χ0) is 10.3. The van der Waals surface area contributed by atoms with E-state index in [2.05, 4.69) is 6.58 Å². The number of hydrogen-bond acceptors (Lipinski definition) is 3. The molecule has 0 heterocycles. The maximum atomic E-state index is 11.0. The van der Waals surface area contributed by atoms with Crippen LogP contribution in [-0.2, 0) is 14.2 Å². The summed E-state index contributed by atoms with van der Waals surface area (Å²) in [5.41, 5.74) is 0.523. The Kier molecular flexibility index (Phi) is 6.25. The number of Topliss-reactive ketones (excluding diaryl/α,β-unsaturated/α-hetero) is 2. The molecular formula is C9H13O3P. The second-order valence-corrected chi connectivity index (χ2v) is 3.46. The summed E-state index contributed by atoms with van der Waals surface area (Å²) in [5, 5.41) is 0. The molecule has 4 heteroatoms. The molecule has 0 aromatic carbocycles. The molecule has 0 bridgehead atoms. The van der Waals surface area contributed by atoms with E-state index in [-0.39, 0.29) is 26.2 Å². The highest BCUT2D eigenvalue weighted by molar-refractivity contribution is 7.25. The highest BCUT2D eigenvalue weighted by Gasteiger charge is 2.05. The van der Waals surface area contributed by atoms with E-state index in [0.29, 0.717) is 24.8 Å². The van der Waals surface area contributed by atoms with Crippen LogP contribution in [0.3, 0.4) is 0 Å². The van der Waals surface area contributed by atoms with E-state index in [1.807, 2.05) is 0 Å². The molecular weight excluding hydrogens is 187 g/mol. The van der Waals surface area contributed by atoms with Crippen molar-refractivity contribution in [2.75, 3.05) is 6.16 Å². The van der Waals surface area contributed by atoms with Crippen LogP contribution in [0.15, 0.2) is 12.2 Å². The normalized spacial score (nSPS) is 9.92. The largest absolute Gasteiger partial charge is 0.299 e.